The minimum absolute atomic E-state index is 0.240. The summed E-state index contributed by atoms with van der Waals surface area (Å²) >= 11 is 5.96. The predicted molar refractivity (Wildman–Crippen MR) is 101 cm³/mol. The normalized spacial score (nSPS) is 11.4. The first-order valence-corrected chi connectivity index (χ1v) is 8.34. The number of anilines is 1. The standard InChI is InChI=1S/C20H16ClN3O2/c21-15-9-6-10-16(13-15)23-20(26)18(14-7-2-1-3-8-14)24-19(25)17-11-4-5-12-22-17/h1-13,18H,(H,23,26)(H,24,25). The second kappa shape index (κ2) is 8.27. The number of hydrogen-bond donors (Lipinski definition) is 2. The van der Waals surface area contributed by atoms with Gasteiger partial charge >= 0.3 is 0 Å². The van der Waals surface area contributed by atoms with Gasteiger partial charge < -0.3 is 10.6 Å². The van der Waals surface area contributed by atoms with E-state index in [0.29, 0.717) is 16.3 Å². The van der Waals surface area contributed by atoms with Gasteiger partial charge in [0.1, 0.15) is 11.7 Å². The zero-order chi connectivity index (χ0) is 18.4. The molecule has 0 radical (unpaired) electrons. The topological polar surface area (TPSA) is 71.1 Å². The molecule has 1 aromatic heterocycles. The van der Waals surface area contributed by atoms with Crippen LogP contribution in [-0.4, -0.2) is 16.8 Å². The predicted octanol–water partition coefficient (Wildman–Crippen LogP) is 3.84. The van der Waals surface area contributed by atoms with E-state index in [1.807, 2.05) is 18.2 Å². The highest BCUT2D eigenvalue weighted by Crippen LogP contribution is 2.19. The van der Waals surface area contributed by atoms with Crippen LogP contribution in [0.2, 0.25) is 5.02 Å². The average molecular weight is 366 g/mol. The number of nitrogens with one attached hydrogen (secondary N) is 2. The maximum absolute atomic E-state index is 12.8. The van der Waals surface area contributed by atoms with Crippen molar-refractivity contribution in [3.63, 3.8) is 0 Å². The lowest BCUT2D eigenvalue weighted by molar-refractivity contribution is -0.118. The SMILES string of the molecule is O=C(NC(C(=O)Nc1cccc(Cl)c1)c1ccccc1)c1ccccn1. The van der Waals surface area contributed by atoms with Gasteiger partial charge in [-0.1, -0.05) is 54.1 Å². The smallest absolute Gasteiger partial charge is 0.270 e. The van der Waals surface area contributed by atoms with E-state index in [9.17, 15) is 9.59 Å². The molecule has 6 heteroatoms. The van der Waals surface area contributed by atoms with Crippen molar-refractivity contribution in [3.8, 4) is 0 Å². The summed E-state index contributed by atoms with van der Waals surface area (Å²) in [6, 6.07) is 20.0. The summed E-state index contributed by atoms with van der Waals surface area (Å²) in [5.41, 5.74) is 1.45. The number of aromatic nitrogens is 1. The van der Waals surface area contributed by atoms with Gasteiger partial charge in [0.25, 0.3) is 11.8 Å². The van der Waals surface area contributed by atoms with E-state index < -0.39 is 11.9 Å². The van der Waals surface area contributed by atoms with Gasteiger partial charge in [0.15, 0.2) is 0 Å². The highest BCUT2D eigenvalue weighted by Gasteiger charge is 2.23. The summed E-state index contributed by atoms with van der Waals surface area (Å²) < 4.78 is 0. The summed E-state index contributed by atoms with van der Waals surface area (Å²) in [6.45, 7) is 0. The Hall–Kier alpha value is -3.18. The monoisotopic (exact) mass is 365 g/mol. The van der Waals surface area contributed by atoms with Crippen molar-refractivity contribution >= 4 is 29.1 Å². The molecule has 1 unspecified atom stereocenters. The minimum atomic E-state index is -0.871. The Bertz CT molecular complexity index is 901. The van der Waals surface area contributed by atoms with E-state index >= 15 is 0 Å². The van der Waals surface area contributed by atoms with E-state index in [4.69, 9.17) is 11.6 Å². The summed E-state index contributed by atoms with van der Waals surface area (Å²) in [6.07, 6.45) is 1.53. The molecule has 3 aromatic rings. The highest BCUT2D eigenvalue weighted by molar-refractivity contribution is 6.30. The lowest BCUT2D eigenvalue weighted by Crippen LogP contribution is -2.37. The molecule has 5 nitrogen and oxygen atoms in total. The number of hydrogen-bond acceptors (Lipinski definition) is 3. The van der Waals surface area contributed by atoms with Crippen LogP contribution >= 0.6 is 11.6 Å². The molecule has 2 amide bonds. The summed E-state index contributed by atoms with van der Waals surface area (Å²) in [5.74, 6) is -0.802. The van der Waals surface area contributed by atoms with Crippen molar-refractivity contribution in [1.82, 2.24) is 10.3 Å². The Morgan fingerprint density at radius 3 is 2.38 bits per heavy atom. The summed E-state index contributed by atoms with van der Waals surface area (Å²) in [7, 11) is 0. The van der Waals surface area contributed by atoms with E-state index in [2.05, 4.69) is 15.6 Å². The Balaban J connectivity index is 1.84. The number of benzene rings is 2. The molecule has 26 heavy (non-hydrogen) atoms. The average Bonchev–Trinajstić information content (AvgIpc) is 2.67. The van der Waals surface area contributed by atoms with Gasteiger partial charge in [-0.2, -0.15) is 0 Å². The summed E-state index contributed by atoms with van der Waals surface area (Å²) in [5, 5.41) is 6.03. The molecule has 130 valence electrons. The van der Waals surface area contributed by atoms with Crippen LogP contribution in [0.25, 0.3) is 0 Å². The third-order valence-electron chi connectivity index (χ3n) is 3.66. The quantitative estimate of drug-likeness (QED) is 0.721. The van der Waals surface area contributed by atoms with E-state index in [1.165, 1.54) is 6.20 Å². The van der Waals surface area contributed by atoms with Gasteiger partial charge in [-0.05, 0) is 35.9 Å². The molecule has 2 N–H and O–H groups in total. The first-order valence-electron chi connectivity index (χ1n) is 7.97. The molecule has 0 aliphatic heterocycles. The molecule has 1 heterocycles. The van der Waals surface area contributed by atoms with Crippen LogP contribution in [0.1, 0.15) is 22.1 Å². The number of nitrogens with zero attached hydrogens (tertiary/aromatic N) is 1. The third-order valence-corrected chi connectivity index (χ3v) is 3.90. The number of halogens is 1. The van der Waals surface area contributed by atoms with Gasteiger partial charge in [-0.25, -0.2) is 0 Å². The zero-order valence-corrected chi connectivity index (χ0v) is 14.5. The molecule has 2 aromatic carbocycles. The lowest BCUT2D eigenvalue weighted by Gasteiger charge is -2.19. The van der Waals surface area contributed by atoms with Crippen molar-refractivity contribution in [2.75, 3.05) is 5.32 Å². The fourth-order valence-corrected chi connectivity index (χ4v) is 2.62. The molecule has 1 atom stereocenters. The number of carbonyl (C=O) groups is 2. The summed E-state index contributed by atoms with van der Waals surface area (Å²) in [4.78, 5) is 29.3. The Morgan fingerprint density at radius 2 is 1.69 bits per heavy atom. The van der Waals surface area contributed by atoms with Crippen molar-refractivity contribution in [2.24, 2.45) is 0 Å². The fraction of sp³-hybridized carbons (Fsp3) is 0.0500. The van der Waals surface area contributed by atoms with E-state index in [-0.39, 0.29) is 11.6 Å². The maximum Gasteiger partial charge on any atom is 0.270 e. The highest BCUT2D eigenvalue weighted by atomic mass is 35.5. The van der Waals surface area contributed by atoms with Crippen LogP contribution in [0.5, 0.6) is 0 Å². The zero-order valence-electron chi connectivity index (χ0n) is 13.7. The molecule has 0 bridgehead atoms. The number of amides is 2. The Kier molecular flexibility index (Phi) is 5.61. The van der Waals surface area contributed by atoms with E-state index in [0.717, 1.165) is 0 Å². The molecule has 0 aliphatic rings. The van der Waals surface area contributed by atoms with Gasteiger partial charge in [0, 0.05) is 16.9 Å². The Labute approximate surface area is 156 Å². The lowest BCUT2D eigenvalue weighted by atomic mass is 10.1. The van der Waals surface area contributed by atoms with Crippen LogP contribution in [0.15, 0.2) is 79.0 Å². The molecule has 0 fully saturated rings. The van der Waals surface area contributed by atoms with Gasteiger partial charge in [-0.3, -0.25) is 14.6 Å². The first kappa shape index (κ1) is 17.6. The first-order chi connectivity index (χ1) is 12.6. The number of carbonyl (C=O) groups excluding carboxylic acids is 2. The molecule has 3 rings (SSSR count). The largest absolute Gasteiger partial charge is 0.335 e. The van der Waals surface area contributed by atoms with Crippen molar-refractivity contribution in [1.29, 1.82) is 0 Å². The van der Waals surface area contributed by atoms with Crippen LogP contribution in [0.4, 0.5) is 5.69 Å². The second-order valence-corrected chi connectivity index (χ2v) is 5.97. The van der Waals surface area contributed by atoms with Gasteiger partial charge in [0.05, 0.1) is 0 Å². The second-order valence-electron chi connectivity index (χ2n) is 5.53. The van der Waals surface area contributed by atoms with Gasteiger partial charge in [0.2, 0.25) is 0 Å². The van der Waals surface area contributed by atoms with Crippen molar-refractivity contribution in [2.45, 2.75) is 6.04 Å². The van der Waals surface area contributed by atoms with E-state index in [1.54, 1.807) is 54.6 Å². The number of pyridine rings is 1. The van der Waals surface area contributed by atoms with Crippen molar-refractivity contribution in [3.05, 3.63) is 95.3 Å². The molecule has 0 saturated carbocycles. The molecule has 0 aliphatic carbocycles. The molecular weight excluding hydrogens is 350 g/mol. The van der Waals surface area contributed by atoms with Crippen LogP contribution in [-0.2, 0) is 4.79 Å². The van der Waals surface area contributed by atoms with Crippen LogP contribution in [0.3, 0.4) is 0 Å². The van der Waals surface area contributed by atoms with Gasteiger partial charge in [-0.15, -0.1) is 0 Å². The minimum Gasteiger partial charge on any atom is -0.335 e. The molecular formula is C20H16ClN3O2. The molecule has 0 spiro atoms. The Morgan fingerprint density at radius 1 is 0.923 bits per heavy atom. The van der Waals surface area contributed by atoms with Crippen molar-refractivity contribution < 1.29 is 9.59 Å². The number of rotatable bonds is 5. The maximum atomic E-state index is 12.8. The molecule has 0 saturated heterocycles. The fourth-order valence-electron chi connectivity index (χ4n) is 2.43. The third kappa shape index (κ3) is 4.46. The van der Waals surface area contributed by atoms with Crippen LogP contribution < -0.4 is 10.6 Å². The van der Waals surface area contributed by atoms with Crippen LogP contribution in [0, 0.1) is 0 Å².